The summed E-state index contributed by atoms with van der Waals surface area (Å²) in [6.45, 7) is 0. The topological polar surface area (TPSA) is 59.0 Å². The van der Waals surface area contributed by atoms with Crippen LogP contribution in [0.4, 0.5) is 16.3 Å². The van der Waals surface area contributed by atoms with Gasteiger partial charge < -0.3 is 5.32 Å². The normalized spacial score (nSPS) is 9.81. The van der Waals surface area contributed by atoms with Crippen LogP contribution in [0.1, 0.15) is 0 Å². The Morgan fingerprint density at radius 3 is 2.56 bits per heavy atom. The highest BCUT2D eigenvalue weighted by Gasteiger charge is 2.04. The summed E-state index contributed by atoms with van der Waals surface area (Å²) in [6.07, 6.45) is 1.55. The molecule has 0 aliphatic carbocycles. The minimum absolute atomic E-state index is 0.331. The molecule has 1 heterocycles. The number of amides is 2. The number of aromatic nitrogens is 2. The van der Waals surface area contributed by atoms with E-state index in [4.69, 9.17) is 0 Å². The summed E-state index contributed by atoms with van der Waals surface area (Å²) in [5.41, 5.74) is 0.727. The molecule has 0 fully saturated rings. The van der Waals surface area contributed by atoms with Gasteiger partial charge in [-0.1, -0.05) is 18.2 Å². The number of thiol groups is 1. The molecule has 0 spiro atoms. The Bertz CT molecular complexity index is 483. The summed E-state index contributed by atoms with van der Waals surface area (Å²) >= 11 is 4.01. The first kappa shape index (κ1) is 10.6. The van der Waals surface area contributed by atoms with E-state index in [1.807, 2.05) is 18.2 Å². The molecule has 0 aliphatic rings. The summed E-state index contributed by atoms with van der Waals surface area (Å²) < 4.78 is 1.28. The SMILES string of the molecule is O=C(Nc1ccccc1)Nc1ccnn1S. The highest BCUT2D eigenvalue weighted by atomic mass is 32.1. The van der Waals surface area contributed by atoms with Gasteiger partial charge in [0.2, 0.25) is 0 Å². The lowest BCUT2D eigenvalue weighted by molar-refractivity contribution is 0.262. The van der Waals surface area contributed by atoms with Crippen molar-refractivity contribution in [3.05, 3.63) is 42.6 Å². The van der Waals surface area contributed by atoms with E-state index in [2.05, 4.69) is 28.5 Å². The van der Waals surface area contributed by atoms with E-state index in [9.17, 15) is 4.79 Å². The summed E-state index contributed by atoms with van der Waals surface area (Å²) in [7, 11) is 0. The number of carbonyl (C=O) groups excluding carboxylic acids is 1. The van der Waals surface area contributed by atoms with Crippen molar-refractivity contribution in [2.45, 2.75) is 0 Å². The number of anilines is 2. The largest absolute Gasteiger partial charge is 0.324 e. The quantitative estimate of drug-likeness (QED) is 0.698. The molecule has 0 aliphatic heterocycles. The third-order valence-electron chi connectivity index (χ3n) is 1.90. The second-order valence-corrected chi connectivity index (χ2v) is 3.43. The molecule has 5 nitrogen and oxygen atoms in total. The minimum Gasteiger partial charge on any atom is -0.308 e. The maximum atomic E-state index is 11.5. The van der Waals surface area contributed by atoms with E-state index >= 15 is 0 Å². The van der Waals surface area contributed by atoms with Crippen molar-refractivity contribution in [2.75, 3.05) is 10.6 Å². The van der Waals surface area contributed by atoms with E-state index in [-0.39, 0.29) is 6.03 Å². The lowest BCUT2D eigenvalue weighted by Crippen LogP contribution is -2.20. The first-order valence-corrected chi connectivity index (χ1v) is 5.02. The Hall–Kier alpha value is -1.95. The number of hydrogen-bond acceptors (Lipinski definition) is 3. The zero-order valence-electron chi connectivity index (χ0n) is 8.29. The smallest absolute Gasteiger partial charge is 0.308 e. The fourth-order valence-corrected chi connectivity index (χ4v) is 1.36. The highest BCUT2D eigenvalue weighted by molar-refractivity contribution is 7.78. The van der Waals surface area contributed by atoms with E-state index in [0.29, 0.717) is 5.82 Å². The Kier molecular flexibility index (Phi) is 3.11. The first-order valence-electron chi connectivity index (χ1n) is 4.62. The van der Waals surface area contributed by atoms with Crippen molar-refractivity contribution in [3.8, 4) is 0 Å². The number of carbonyl (C=O) groups is 1. The molecular weight excluding hydrogens is 224 g/mol. The van der Waals surface area contributed by atoms with Crippen LogP contribution >= 0.6 is 12.8 Å². The average molecular weight is 234 g/mol. The van der Waals surface area contributed by atoms with Crippen molar-refractivity contribution in [1.29, 1.82) is 0 Å². The van der Waals surface area contributed by atoms with E-state index < -0.39 is 0 Å². The lowest BCUT2D eigenvalue weighted by atomic mass is 10.3. The molecule has 2 aromatic rings. The summed E-state index contributed by atoms with van der Waals surface area (Å²) in [5, 5.41) is 9.11. The fourth-order valence-electron chi connectivity index (χ4n) is 1.19. The summed E-state index contributed by atoms with van der Waals surface area (Å²) in [6, 6.07) is 10.5. The molecular formula is C10H10N4OS. The summed E-state index contributed by atoms with van der Waals surface area (Å²) in [4.78, 5) is 11.5. The molecule has 0 atom stereocenters. The molecule has 0 unspecified atom stereocenters. The number of benzene rings is 1. The minimum atomic E-state index is -0.331. The van der Waals surface area contributed by atoms with Gasteiger partial charge in [0.25, 0.3) is 0 Å². The molecule has 0 saturated heterocycles. The van der Waals surface area contributed by atoms with Crippen LogP contribution in [0.5, 0.6) is 0 Å². The molecule has 0 saturated carbocycles. The second kappa shape index (κ2) is 4.71. The maximum absolute atomic E-state index is 11.5. The van der Waals surface area contributed by atoms with Gasteiger partial charge in [-0.3, -0.25) is 5.32 Å². The molecule has 6 heteroatoms. The highest BCUT2D eigenvalue weighted by Crippen LogP contribution is 2.09. The molecule has 2 N–H and O–H groups in total. The number of rotatable bonds is 2. The zero-order chi connectivity index (χ0) is 11.4. The van der Waals surface area contributed by atoms with Gasteiger partial charge in [-0.2, -0.15) is 9.19 Å². The molecule has 2 amide bonds. The standard InChI is InChI=1S/C10H10N4OS/c15-10(12-8-4-2-1-3-5-8)13-9-6-7-11-14(9)16/h1-7,16H,(H2,12,13,15). The Morgan fingerprint density at radius 2 is 1.94 bits per heavy atom. The molecule has 0 bridgehead atoms. The van der Waals surface area contributed by atoms with Crippen molar-refractivity contribution >= 4 is 30.4 Å². The van der Waals surface area contributed by atoms with Crippen molar-refractivity contribution in [1.82, 2.24) is 9.19 Å². The maximum Gasteiger partial charge on any atom is 0.324 e. The predicted octanol–water partition coefficient (Wildman–Crippen LogP) is 2.22. The van der Waals surface area contributed by atoms with Crippen LogP contribution in [0.3, 0.4) is 0 Å². The fraction of sp³-hybridized carbons (Fsp3) is 0. The molecule has 0 radical (unpaired) electrons. The van der Waals surface area contributed by atoms with Gasteiger partial charge in [0.1, 0.15) is 5.82 Å². The van der Waals surface area contributed by atoms with Gasteiger partial charge in [0.15, 0.2) is 0 Å². The van der Waals surface area contributed by atoms with Gasteiger partial charge in [0, 0.05) is 11.8 Å². The predicted molar refractivity (Wildman–Crippen MR) is 65.7 cm³/mol. The number of nitrogens with zero attached hydrogens (tertiary/aromatic N) is 2. The zero-order valence-corrected chi connectivity index (χ0v) is 9.19. The van der Waals surface area contributed by atoms with Crippen molar-refractivity contribution in [2.24, 2.45) is 0 Å². The third-order valence-corrected chi connectivity index (χ3v) is 2.22. The van der Waals surface area contributed by atoms with Crippen LogP contribution in [0, 0.1) is 0 Å². The Morgan fingerprint density at radius 1 is 1.19 bits per heavy atom. The number of nitrogens with one attached hydrogen (secondary N) is 2. The molecule has 82 valence electrons. The lowest BCUT2D eigenvalue weighted by Gasteiger charge is -2.06. The van der Waals surface area contributed by atoms with Gasteiger partial charge >= 0.3 is 6.03 Å². The second-order valence-electron chi connectivity index (χ2n) is 3.05. The van der Waals surface area contributed by atoms with Gasteiger partial charge in [-0.25, -0.2) is 4.79 Å². The first-order chi connectivity index (χ1) is 7.75. The monoisotopic (exact) mass is 234 g/mol. The van der Waals surface area contributed by atoms with Crippen LogP contribution < -0.4 is 10.6 Å². The van der Waals surface area contributed by atoms with Gasteiger partial charge in [-0.15, -0.1) is 0 Å². The number of para-hydroxylation sites is 1. The molecule has 16 heavy (non-hydrogen) atoms. The Labute approximate surface area is 98.0 Å². The van der Waals surface area contributed by atoms with Crippen molar-refractivity contribution in [3.63, 3.8) is 0 Å². The van der Waals surface area contributed by atoms with E-state index in [0.717, 1.165) is 5.69 Å². The van der Waals surface area contributed by atoms with Crippen LogP contribution in [0.2, 0.25) is 0 Å². The molecule has 1 aromatic heterocycles. The van der Waals surface area contributed by atoms with Crippen LogP contribution in [-0.2, 0) is 0 Å². The van der Waals surface area contributed by atoms with Gasteiger partial charge in [0.05, 0.1) is 6.20 Å². The molecule has 2 rings (SSSR count). The van der Waals surface area contributed by atoms with E-state index in [1.54, 1.807) is 24.4 Å². The summed E-state index contributed by atoms with van der Waals surface area (Å²) in [5.74, 6) is 0.511. The van der Waals surface area contributed by atoms with E-state index in [1.165, 1.54) is 4.09 Å². The number of hydrogen-bond donors (Lipinski definition) is 3. The van der Waals surface area contributed by atoms with Crippen molar-refractivity contribution < 1.29 is 4.79 Å². The molecule has 1 aromatic carbocycles. The van der Waals surface area contributed by atoms with Crippen LogP contribution in [0.15, 0.2) is 42.6 Å². The Balaban J connectivity index is 1.98. The number of urea groups is 1. The van der Waals surface area contributed by atoms with Crippen LogP contribution in [-0.4, -0.2) is 15.2 Å². The third kappa shape index (κ3) is 2.54. The van der Waals surface area contributed by atoms with Crippen LogP contribution in [0.25, 0.3) is 0 Å². The van der Waals surface area contributed by atoms with Gasteiger partial charge in [-0.05, 0) is 24.9 Å². The average Bonchev–Trinajstić information content (AvgIpc) is 2.66.